The molecule has 1 unspecified atom stereocenters. The summed E-state index contributed by atoms with van der Waals surface area (Å²) in [5, 5.41) is 8.89. The lowest BCUT2D eigenvalue weighted by atomic mass is 10.2. The highest BCUT2D eigenvalue weighted by Crippen LogP contribution is 2.27. The van der Waals surface area contributed by atoms with E-state index < -0.39 is 9.84 Å². The van der Waals surface area contributed by atoms with E-state index in [9.17, 15) is 13.2 Å². The summed E-state index contributed by atoms with van der Waals surface area (Å²) in [6.07, 6.45) is 2.60. The summed E-state index contributed by atoms with van der Waals surface area (Å²) >= 11 is 0. The van der Waals surface area contributed by atoms with Crippen molar-refractivity contribution in [2.45, 2.75) is 17.9 Å². The molecule has 1 aromatic carbocycles. The summed E-state index contributed by atoms with van der Waals surface area (Å²) in [5.74, 6) is 0.381. The minimum atomic E-state index is -3.46. The SMILES string of the molecule is CNC(=O)c1cnc(N2CCNCC2C)nc1Nc1ccccc1S(C)(=O)=O. The molecule has 0 bridgehead atoms. The summed E-state index contributed by atoms with van der Waals surface area (Å²) in [5.41, 5.74) is 0.588. The van der Waals surface area contributed by atoms with Gasteiger partial charge in [0.15, 0.2) is 9.84 Å². The average molecular weight is 404 g/mol. The third kappa shape index (κ3) is 4.23. The highest BCUT2D eigenvalue weighted by atomic mass is 32.2. The van der Waals surface area contributed by atoms with Crippen LogP contribution < -0.4 is 20.9 Å². The maximum Gasteiger partial charge on any atom is 0.256 e. The van der Waals surface area contributed by atoms with Gasteiger partial charge in [0.2, 0.25) is 5.95 Å². The molecule has 3 N–H and O–H groups in total. The quantitative estimate of drug-likeness (QED) is 0.670. The van der Waals surface area contributed by atoms with Crippen molar-refractivity contribution in [1.82, 2.24) is 20.6 Å². The Labute approximate surface area is 164 Å². The molecular formula is C18H24N6O3S. The van der Waals surface area contributed by atoms with Gasteiger partial charge in [0.25, 0.3) is 5.91 Å². The van der Waals surface area contributed by atoms with Gasteiger partial charge in [0, 0.05) is 45.2 Å². The lowest BCUT2D eigenvalue weighted by molar-refractivity contribution is 0.0963. The monoisotopic (exact) mass is 404 g/mol. The topological polar surface area (TPSA) is 116 Å². The molecule has 1 atom stereocenters. The van der Waals surface area contributed by atoms with Gasteiger partial charge in [-0.2, -0.15) is 4.98 Å². The molecule has 0 aliphatic carbocycles. The summed E-state index contributed by atoms with van der Waals surface area (Å²) in [4.78, 5) is 23.4. The fourth-order valence-corrected chi connectivity index (χ4v) is 3.91. The van der Waals surface area contributed by atoms with Crippen LogP contribution in [0.3, 0.4) is 0 Å². The molecule has 28 heavy (non-hydrogen) atoms. The van der Waals surface area contributed by atoms with Gasteiger partial charge in [-0.25, -0.2) is 13.4 Å². The fourth-order valence-electron chi connectivity index (χ4n) is 3.07. The number of sulfone groups is 1. The molecule has 150 valence electrons. The highest BCUT2D eigenvalue weighted by molar-refractivity contribution is 7.90. The van der Waals surface area contributed by atoms with E-state index in [0.717, 1.165) is 25.9 Å². The molecule has 1 aliphatic heterocycles. The van der Waals surface area contributed by atoms with Crippen molar-refractivity contribution in [2.75, 3.05) is 43.2 Å². The predicted octanol–water partition coefficient (Wildman–Crippen LogP) is 0.781. The van der Waals surface area contributed by atoms with E-state index in [1.165, 1.54) is 19.3 Å². The summed E-state index contributed by atoms with van der Waals surface area (Å²) in [6.45, 7) is 4.42. The Kier molecular flexibility index (Phi) is 5.80. The van der Waals surface area contributed by atoms with E-state index in [1.807, 2.05) is 0 Å². The number of hydrogen-bond acceptors (Lipinski definition) is 8. The molecule has 10 heteroatoms. The lowest BCUT2D eigenvalue weighted by Gasteiger charge is -2.34. The lowest BCUT2D eigenvalue weighted by Crippen LogP contribution is -2.50. The van der Waals surface area contributed by atoms with E-state index in [0.29, 0.717) is 11.6 Å². The summed E-state index contributed by atoms with van der Waals surface area (Å²) < 4.78 is 24.2. The number of para-hydroxylation sites is 1. The Morgan fingerprint density at radius 1 is 1.32 bits per heavy atom. The molecule has 1 aromatic heterocycles. The number of amides is 1. The second-order valence-electron chi connectivity index (χ2n) is 6.65. The van der Waals surface area contributed by atoms with Crippen LogP contribution in [0.2, 0.25) is 0 Å². The standard InChI is InChI=1S/C18H24N6O3S/c1-12-10-20-8-9-24(12)18-21-11-13(17(25)19-2)16(23-18)22-14-6-4-5-7-15(14)28(3,26)27/h4-7,11-12,20H,8-10H2,1-3H3,(H,19,25)(H,21,22,23). The van der Waals surface area contributed by atoms with E-state index in [1.54, 1.807) is 18.2 Å². The van der Waals surface area contributed by atoms with Crippen LogP contribution in [0, 0.1) is 0 Å². The van der Waals surface area contributed by atoms with Crippen LogP contribution >= 0.6 is 0 Å². The number of benzene rings is 1. The molecule has 2 heterocycles. The molecule has 9 nitrogen and oxygen atoms in total. The average Bonchev–Trinajstić information content (AvgIpc) is 2.67. The Balaban J connectivity index is 2.05. The second-order valence-corrected chi connectivity index (χ2v) is 8.64. The minimum absolute atomic E-state index is 0.133. The second kappa shape index (κ2) is 8.11. The van der Waals surface area contributed by atoms with Crippen LogP contribution in [0.25, 0.3) is 0 Å². The fraction of sp³-hybridized carbons (Fsp3) is 0.389. The Hall–Kier alpha value is -2.72. The maximum atomic E-state index is 12.3. The molecule has 1 amide bonds. The van der Waals surface area contributed by atoms with Gasteiger partial charge in [-0.1, -0.05) is 12.1 Å². The number of anilines is 3. The molecular weight excluding hydrogens is 380 g/mol. The number of piperazine rings is 1. The van der Waals surface area contributed by atoms with Crippen LogP contribution in [0.1, 0.15) is 17.3 Å². The van der Waals surface area contributed by atoms with Gasteiger partial charge in [-0.15, -0.1) is 0 Å². The van der Waals surface area contributed by atoms with Gasteiger partial charge >= 0.3 is 0 Å². The van der Waals surface area contributed by atoms with E-state index in [4.69, 9.17) is 0 Å². The van der Waals surface area contributed by atoms with Crippen LogP contribution in [-0.2, 0) is 9.84 Å². The largest absolute Gasteiger partial charge is 0.355 e. The maximum absolute atomic E-state index is 12.3. The molecule has 0 radical (unpaired) electrons. The van der Waals surface area contributed by atoms with Gasteiger partial charge in [-0.3, -0.25) is 4.79 Å². The van der Waals surface area contributed by atoms with Gasteiger partial charge in [0.05, 0.1) is 10.6 Å². The smallest absolute Gasteiger partial charge is 0.256 e. The van der Waals surface area contributed by atoms with E-state index in [2.05, 4.69) is 37.7 Å². The first-order valence-corrected chi connectivity index (χ1v) is 10.8. The summed E-state index contributed by atoms with van der Waals surface area (Å²) in [6, 6.07) is 6.71. The number of rotatable bonds is 5. The molecule has 0 saturated carbocycles. The molecule has 0 spiro atoms. The van der Waals surface area contributed by atoms with Crippen molar-refractivity contribution < 1.29 is 13.2 Å². The van der Waals surface area contributed by atoms with Crippen LogP contribution in [-0.4, -0.2) is 63.3 Å². The zero-order chi connectivity index (χ0) is 20.3. The third-order valence-corrected chi connectivity index (χ3v) is 5.70. The third-order valence-electron chi connectivity index (χ3n) is 4.55. The highest BCUT2D eigenvalue weighted by Gasteiger charge is 2.23. The Morgan fingerprint density at radius 2 is 2.07 bits per heavy atom. The number of carbonyl (C=O) groups is 1. The number of carbonyl (C=O) groups excluding carboxylic acids is 1. The van der Waals surface area contributed by atoms with Crippen LogP contribution in [0.15, 0.2) is 35.4 Å². The van der Waals surface area contributed by atoms with Crippen molar-refractivity contribution in [3.8, 4) is 0 Å². The Bertz CT molecular complexity index is 979. The Morgan fingerprint density at radius 3 is 2.75 bits per heavy atom. The number of hydrogen-bond donors (Lipinski definition) is 3. The van der Waals surface area contributed by atoms with Crippen LogP contribution in [0.4, 0.5) is 17.5 Å². The molecule has 1 fully saturated rings. The van der Waals surface area contributed by atoms with E-state index >= 15 is 0 Å². The van der Waals surface area contributed by atoms with Gasteiger partial charge in [-0.05, 0) is 19.1 Å². The molecule has 3 rings (SSSR count). The minimum Gasteiger partial charge on any atom is -0.355 e. The van der Waals surface area contributed by atoms with Gasteiger partial charge < -0.3 is 20.9 Å². The van der Waals surface area contributed by atoms with Crippen molar-refractivity contribution >= 4 is 33.2 Å². The molecule has 2 aromatic rings. The van der Waals surface area contributed by atoms with E-state index in [-0.39, 0.29) is 28.2 Å². The number of nitrogens with zero attached hydrogens (tertiary/aromatic N) is 3. The van der Waals surface area contributed by atoms with Crippen molar-refractivity contribution in [3.63, 3.8) is 0 Å². The number of nitrogens with one attached hydrogen (secondary N) is 3. The van der Waals surface area contributed by atoms with Crippen molar-refractivity contribution in [1.29, 1.82) is 0 Å². The first kappa shape index (κ1) is 20.0. The predicted molar refractivity (Wildman–Crippen MR) is 108 cm³/mol. The molecule has 1 aliphatic rings. The number of aromatic nitrogens is 2. The van der Waals surface area contributed by atoms with Crippen molar-refractivity contribution in [2.24, 2.45) is 0 Å². The van der Waals surface area contributed by atoms with Gasteiger partial charge in [0.1, 0.15) is 11.4 Å². The normalized spacial score (nSPS) is 17.2. The first-order valence-electron chi connectivity index (χ1n) is 8.94. The first-order chi connectivity index (χ1) is 13.3. The van der Waals surface area contributed by atoms with Crippen LogP contribution in [0.5, 0.6) is 0 Å². The zero-order valence-corrected chi connectivity index (χ0v) is 16.9. The molecule has 1 saturated heterocycles. The summed E-state index contributed by atoms with van der Waals surface area (Å²) in [7, 11) is -1.94. The van der Waals surface area contributed by atoms with Crippen molar-refractivity contribution in [3.05, 3.63) is 36.0 Å². The zero-order valence-electron chi connectivity index (χ0n) is 16.1.